The Bertz CT molecular complexity index is 962. The number of nitrogens with zero attached hydrogens (tertiary/aromatic N) is 4. The molecule has 3 aromatic rings. The Labute approximate surface area is 138 Å². The molecule has 0 saturated carbocycles. The van der Waals surface area contributed by atoms with Gasteiger partial charge in [0.05, 0.1) is 11.4 Å². The molecule has 0 amide bonds. The Balaban J connectivity index is 2.20. The normalized spacial score (nSPS) is 11.2. The monoisotopic (exact) mass is 326 g/mol. The van der Waals surface area contributed by atoms with Gasteiger partial charge in [-0.15, -0.1) is 0 Å². The van der Waals surface area contributed by atoms with Gasteiger partial charge in [-0.25, -0.2) is 9.59 Å². The standard InChI is InChI=1S/C17H18N4O3/c1-11(2)20-8-9-21(17(20)24)14-7-5-4-6-12(14)15-10-13(16(22)23)18-19(15)3/h4-11H,1-3H3,(H,22,23). The van der Waals surface area contributed by atoms with Gasteiger partial charge >= 0.3 is 11.7 Å². The number of aromatic carboxylic acids is 1. The molecule has 2 heterocycles. The van der Waals surface area contributed by atoms with Gasteiger partial charge in [-0.05, 0) is 26.0 Å². The topological polar surface area (TPSA) is 82.0 Å². The van der Waals surface area contributed by atoms with Crippen molar-refractivity contribution in [3.8, 4) is 16.9 Å². The average Bonchev–Trinajstić information content (AvgIpc) is 3.10. The summed E-state index contributed by atoms with van der Waals surface area (Å²) in [5.74, 6) is -1.09. The van der Waals surface area contributed by atoms with Gasteiger partial charge in [-0.2, -0.15) is 5.10 Å². The third kappa shape index (κ3) is 2.54. The Hall–Kier alpha value is -3.09. The third-order valence-corrected chi connectivity index (χ3v) is 3.90. The minimum atomic E-state index is -1.09. The summed E-state index contributed by atoms with van der Waals surface area (Å²) in [6.45, 7) is 3.88. The highest BCUT2D eigenvalue weighted by atomic mass is 16.4. The van der Waals surface area contributed by atoms with E-state index >= 15 is 0 Å². The van der Waals surface area contributed by atoms with Gasteiger partial charge in [0.1, 0.15) is 0 Å². The number of rotatable bonds is 4. The van der Waals surface area contributed by atoms with Crippen LogP contribution in [0.5, 0.6) is 0 Å². The highest BCUT2D eigenvalue weighted by Gasteiger charge is 2.17. The first kappa shape index (κ1) is 15.8. The number of hydrogen-bond acceptors (Lipinski definition) is 3. The Morgan fingerprint density at radius 1 is 1.21 bits per heavy atom. The number of imidazole rings is 1. The maximum absolute atomic E-state index is 12.6. The number of para-hydroxylation sites is 1. The molecule has 1 N–H and O–H groups in total. The predicted octanol–water partition coefficient (Wildman–Crippen LogP) is 2.32. The molecule has 0 unspecified atom stereocenters. The molecule has 2 aromatic heterocycles. The first-order chi connectivity index (χ1) is 11.4. The summed E-state index contributed by atoms with van der Waals surface area (Å²) < 4.78 is 4.71. The molecule has 0 aliphatic heterocycles. The fourth-order valence-electron chi connectivity index (χ4n) is 2.69. The molecule has 0 spiro atoms. The number of aryl methyl sites for hydroxylation is 1. The van der Waals surface area contributed by atoms with E-state index in [-0.39, 0.29) is 17.4 Å². The van der Waals surface area contributed by atoms with E-state index in [0.717, 1.165) is 5.56 Å². The SMILES string of the molecule is CC(C)n1ccn(-c2ccccc2-c2cc(C(=O)O)nn2C)c1=O. The highest BCUT2D eigenvalue weighted by molar-refractivity contribution is 5.87. The molecule has 0 radical (unpaired) electrons. The van der Waals surface area contributed by atoms with Crippen LogP contribution in [-0.2, 0) is 7.05 Å². The maximum Gasteiger partial charge on any atom is 0.356 e. The lowest BCUT2D eigenvalue weighted by Crippen LogP contribution is -2.24. The zero-order valence-corrected chi connectivity index (χ0v) is 13.7. The van der Waals surface area contributed by atoms with Crippen molar-refractivity contribution < 1.29 is 9.90 Å². The smallest absolute Gasteiger partial charge is 0.356 e. The van der Waals surface area contributed by atoms with Crippen molar-refractivity contribution in [2.45, 2.75) is 19.9 Å². The van der Waals surface area contributed by atoms with Gasteiger partial charge in [0, 0.05) is 31.0 Å². The molecule has 0 aliphatic rings. The molecular formula is C17H18N4O3. The third-order valence-electron chi connectivity index (χ3n) is 3.90. The first-order valence-corrected chi connectivity index (χ1v) is 7.56. The van der Waals surface area contributed by atoms with Crippen molar-refractivity contribution in [1.29, 1.82) is 0 Å². The number of carboxylic acid groups (broad SMARTS) is 1. The van der Waals surface area contributed by atoms with Crippen molar-refractivity contribution in [2.75, 3.05) is 0 Å². The van der Waals surface area contributed by atoms with Crippen LogP contribution >= 0.6 is 0 Å². The summed E-state index contributed by atoms with van der Waals surface area (Å²) in [7, 11) is 1.68. The van der Waals surface area contributed by atoms with Crippen LogP contribution in [-0.4, -0.2) is 30.0 Å². The van der Waals surface area contributed by atoms with Gasteiger partial charge in [0.15, 0.2) is 5.69 Å². The van der Waals surface area contributed by atoms with E-state index < -0.39 is 5.97 Å². The number of carbonyl (C=O) groups is 1. The summed E-state index contributed by atoms with van der Waals surface area (Å²) in [5.41, 5.74) is 1.88. The minimum absolute atomic E-state index is 0.0330. The second-order valence-electron chi connectivity index (χ2n) is 5.81. The molecule has 0 atom stereocenters. The van der Waals surface area contributed by atoms with Gasteiger partial charge in [0.25, 0.3) is 0 Å². The molecule has 0 fully saturated rings. The highest BCUT2D eigenvalue weighted by Crippen LogP contribution is 2.26. The molecule has 3 rings (SSSR count). The second-order valence-corrected chi connectivity index (χ2v) is 5.81. The van der Waals surface area contributed by atoms with Crippen LogP contribution in [0.2, 0.25) is 0 Å². The fraction of sp³-hybridized carbons (Fsp3) is 0.235. The molecule has 0 bridgehead atoms. The minimum Gasteiger partial charge on any atom is -0.476 e. The molecule has 24 heavy (non-hydrogen) atoms. The van der Waals surface area contributed by atoms with E-state index in [4.69, 9.17) is 5.11 Å². The van der Waals surface area contributed by atoms with Crippen molar-refractivity contribution in [3.05, 3.63) is 58.9 Å². The van der Waals surface area contributed by atoms with E-state index in [1.54, 1.807) is 28.6 Å². The Morgan fingerprint density at radius 2 is 1.92 bits per heavy atom. The van der Waals surface area contributed by atoms with E-state index in [2.05, 4.69) is 5.10 Å². The van der Waals surface area contributed by atoms with E-state index in [1.807, 2.05) is 38.1 Å². The van der Waals surface area contributed by atoms with Crippen molar-refractivity contribution in [2.24, 2.45) is 7.05 Å². The molecule has 7 nitrogen and oxygen atoms in total. The molecule has 1 aromatic carbocycles. The van der Waals surface area contributed by atoms with Gasteiger partial charge in [-0.1, -0.05) is 18.2 Å². The van der Waals surface area contributed by atoms with Crippen LogP contribution in [0.3, 0.4) is 0 Å². The lowest BCUT2D eigenvalue weighted by Gasteiger charge is -2.10. The summed E-state index contributed by atoms with van der Waals surface area (Å²) >= 11 is 0. The van der Waals surface area contributed by atoms with E-state index in [0.29, 0.717) is 11.4 Å². The molecule has 0 aliphatic carbocycles. The predicted molar refractivity (Wildman–Crippen MR) is 89.6 cm³/mol. The summed E-state index contributed by atoms with van der Waals surface area (Å²) in [6.07, 6.45) is 3.46. The van der Waals surface area contributed by atoms with Gasteiger partial charge < -0.3 is 5.11 Å². The largest absolute Gasteiger partial charge is 0.476 e. The number of aromatic nitrogens is 4. The fourth-order valence-corrected chi connectivity index (χ4v) is 2.69. The van der Waals surface area contributed by atoms with Gasteiger partial charge in [-0.3, -0.25) is 13.8 Å². The summed E-state index contributed by atoms with van der Waals surface area (Å²) in [5, 5.41) is 13.1. The lowest BCUT2D eigenvalue weighted by molar-refractivity contribution is 0.0689. The number of carboxylic acids is 1. The summed E-state index contributed by atoms with van der Waals surface area (Å²) in [6, 6.07) is 8.92. The van der Waals surface area contributed by atoms with Crippen LogP contribution in [0.1, 0.15) is 30.4 Å². The Kier molecular flexibility index (Phi) is 3.84. The van der Waals surface area contributed by atoms with Crippen molar-refractivity contribution in [3.63, 3.8) is 0 Å². The van der Waals surface area contributed by atoms with E-state index in [9.17, 15) is 9.59 Å². The quantitative estimate of drug-likeness (QED) is 0.797. The van der Waals surface area contributed by atoms with Crippen LogP contribution in [0, 0.1) is 0 Å². The molecule has 7 heteroatoms. The second kappa shape index (κ2) is 5.84. The van der Waals surface area contributed by atoms with Crippen LogP contribution in [0.4, 0.5) is 0 Å². The molecule has 124 valence electrons. The van der Waals surface area contributed by atoms with Crippen LogP contribution in [0.25, 0.3) is 16.9 Å². The zero-order valence-electron chi connectivity index (χ0n) is 13.7. The first-order valence-electron chi connectivity index (χ1n) is 7.56. The lowest BCUT2D eigenvalue weighted by atomic mass is 10.1. The number of benzene rings is 1. The zero-order chi connectivity index (χ0) is 17.4. The molecule has 0 saturated heterocycles. The van der Waals surface area contributed by atoms with Crippen LogP contribution in [0.15, 0.2) is 47.5 Å². The average molecular weight is 326 g/mol. The van der Waals surface area contributed by atoms with Crippen molar-refractivity contribution >= 4 is 5.97 Å². The summed E-state index contributed by atoms with van der Waals surface area (Å²) in [4.78, 5) is 23.8. The number of hydrogen-bond donors (Lipinski definition) is 1. The van der Waals surface area contributed by atoms with Gasteiger partial charge in [0.2, 0.25) is 0 Å². The Morgan fingerprint density at radius 3 is 2.50 bits per heavy atom. The van der Waals surface area contributed by atoms with E-state index in [1.165, 1.54) is 10.7 Å². The maximum atomic E-state index is 12.6. The molecular weight excluding hydrogens is 308 g/mol. The van der Waals surface area contributed by atoms with Crippen LogP contribution < -0.4 is 5.69 Å². The van der Waals surface area contributed by atoms with Crippen molar-refractivity contribution in [1.82, 2.24) is 18.9 Å².